The molecular weight excluding hydrogens is 266 g/mol. The third kappa shape index (κ3) is 3.51. The second-order valence-corrected chi connectivity index (χ2v) is 6.42. The quantitative estimate of drug-likeness (QED) is 0.896. The molecule has 1 saturated carbocycles. The first-order valence-electron chi connectivity index (χ1n) is 7.16. The number of nitrogens with zero attached hydrogens (tertiary/aromatic N) is 2. The Kier molecular flexibility index (Phi) is 4.53. The first-order chi connectivity index (χ1) is 9.92. The lowest BCUT2D eigenvalue weighted by Crippen LogP contribution is -2.03. The molecule has 4 heteroatoms. The average Bonchev–Trinajstić information content (AvgIpc) is 3.00. The van der Waals surface area contributed by atoms with Gasteiger partial charge in [0.25, 0.3) is 0 Å². The summed E-state index contributed by atoms with van der Waals surface area (Å²) in [6.45, 7) is 0.741. The van der Waals surface area contributed by atoms with Gasteiger partial charge in [-0.3, -0.25) is 0 Å². The molecule has 1 fully saturated rings. The van der Waals surface area contributed by atoms with Crippen LogP contribution in [0.4, 0.5) is 5.69 Å². The average molecular weight is 285 g/mol. The van der Waals surface area contributed by atoms with Crippen molar-refractivity contribution in [1.29, 1.82) is 0 Å². The summed E-state index contributed by atoms with van der Waals surface area (Å²) in [5.41, 5.74) is 2.23. The van der Waals surface area contributed by atoms with Crippen LogP contribution in [0.15, 0.2) is 47.8 Å². The van der Waals surface area contributed by atoms with Crippen LogP contribution in [-0.2, 0) is 6.54 Å². The maximum absolute atomic E-state index is 4.25. The van der Waals surface area contributed by atoms with Gasteiger partial charge in [-0.2, -0.15) is 0 Å². The van der Waals surface area contributed by atoms with Gasteiger partial charge in [-0.05, 0) is 31.0 Å². The number of nitrogens with one attached hydrogen (secondary N) is 1. The highest BCUT2D eigenvalue weighted by molar-refractivity contribution is 8.00. The van der Waals surface area contributed by atoms with Crippen molar-refractivity contribution in [3.8, 4) is 0 Å². The fourth-order valence-corrected chi connectivity index (χ4v) is 3.86. The standard InChI is InChI=1S/C16H19N3S/c1-2-6-14(5-1)20-16-8-4-3-7-15(16)18-11-13-9-10-17-12-19-13/h3-4,7-10,12,14,18H,1-2,5-6,11H2. The highest BCUT2D eigenvalue weighted by Crippen LogP contribution is 2.38. The van der Waals surface area contributed by atoms with E-state index in [1.165, 1.54) is 36.3 Å². The van der Waals surface area contributed by atoms with E-state index in [2.05, 4.69) is 39.6 Å². The Morgan fingerprint density at radius 2 is 2.00 bits per heavy atom. The Bertz CT molecular complexity index is 538. The molecule has 0 radical (unpaired) electrons. The zero-order valence-electron chi connectivity index (χ0n) is 11.5. The van der Waals surface area contributed by atoms with E-state index in [1.807, 2.05) is 17.8 Å². The van der Waals surface area contributed by atoms with Gasteiger partial charge in [0.05, 0.1) is 12.2 Å². The number of rotatable bonds is 5. The van der Waals surface area contributed by atoms with Gasteiger partial charge in [0.15, 0.2) is 0 Å². The zero-order valence-corrected chi connectivity index (χ0v) is 12.3. The van der Waals surface area contributed by atoms with E-state index in [0.29, 0.717) is 0 Å². The molecule has 0 saturated heterocycles. The highest BCUT2D eigenvalue weighted by atomic mass is 32.2. The summed E-state index contributed by atoms with van der Waals surface area (Å²) in [6, 6.07) is 10.5. The van der Waals surface area contributed by atoms with Gasteiger partial charge >= 0.3 is 0 Å². The molecule has 1 aliphatic rings. The van der Waals surface area contributed by atoms with Crippen molar-refractivity contribution in [2.24, 2.45) is 0 Å². The normalized spacial score (nSPS) is 15.4. The van der Waals surface area contributed by atoms with Crippen molar-refractivity contribution in [3.63, 3.8) is 0 Å². The van der Waals surface area contributed by atoms with Gasteiger partial charge in [-0.15, -0.1) is 11.8 Å². The smallest absolute Gasteiger partial charge is 0.115 e. The number of thioether (sulfide) groups is 1. The van der Waals surface area contributed by atoms with E-state index in [9.17, 15) is 0 Å². The van der Waals surface area contributed by atoms with E-state index in [-0.39, 0.29) is 0 Å². The summed E-state index contributed by atoms with van der Waals surface area (Å²) < 4.78 is 0. The molecular formula is C16H19N3S. The van der Waals surface area contributed by atoms with Crippen LogP contribution in [0.3, 0.4) is 0 Å². The summed E-state index contributed by atoms with van der Waals surface area (Å²) in [5, 5.41) is 4.28. The third-order valence-electron chi connectivity index (χ3n) is 3.59. The molecule has 20 heavy (non-hydrogen) atoms. The number of anilines is 1. The number of para-hydroxylation sites is 1. The summed E-state index contributed by atoms with van der Waals surface area (Å²) in [6.07, 6.45) is 8.84. The van der Waals surface area contributed by atoms with Crippen molar-refractivity contribution < 1.29 is 0 Å². The van der Waals surface area contributed by atoms with Crippen LogP contribution in [0, 0.1) is 0 Å². The molecule has 1 N–H and O–H groups in total. The SMILES string of the molecule is c1ccc(SC2CCCC2)c(NCc2ccncn2)c1. The number of benzene rings is 1. The molecule has 0 unspecified atom stereocenters. The Balaban J connectivity index is 1.66. The summed E-state index contributed by atoms with van der Waals surface area (Å²) in [4.78, 5) is 9.54. The topological polar surface area (TPSA) is 37.8 Å². The van der Waals surface area contributed by atoms with Crippen LogP contribution < -0.4 is 5.32 Å². The molecule has 0 amide bonds. The molecule has 104 valence electrons. The van der Waals surface area contributed by atoms with Crippen LogP contribution in [0.5, 0.6) is 0 Å². The first-order valence-corrected chi connectivity index (χ1v) is 8.04. The molecule has 3 rings (SSSR count). The number of hydrogen-bond acceptors (Lipinski definition) is 4. The fraction of sp³-hybridized carbons (Fsp3) is 0.375. The number of aromatic nitrogens is 2. The minimum absolute atomic E-state index is 0.741. The van der Waals surface area contributed by atoms with Gasteiger partial charge in [-0.1, -0.05) is 25.0 Å². The van der Waals surface area contributed by atoms with Crippen LogP contribution in [-0.4, -0.2) is 15.2 Å². The van der Waals surface area contributed by atoms with Gasteiger partial charge in [0.1, 0.15) is 6.33 Å². The molecule has 0 atom stereocenters. The monoisotopic (exact) mass is 285 g/mol. The Hall–Kier alpha value is -1.55. The molecule has 2 aromatic rings. The predicted molar refractivity (Wildman–Crippen MR) is 83.9 cm³/mol. The van der Waals surface area contributed by atoms with Crippen molar-refractivity contribution in [2.45, 2.75) is 42.4 Å². The second kappa shape index (κ2) is 6.75. The zero-order chi connectivity index (χ0) is 13.6. The van der Waals surface area contributed by atoms with Crippen LogP contribution in [0.1, 0.15) is 31.4 Å². The van der Waals surface area contributed by atoms with Crippen molar-refractivity contribution >= 4 is 17.4 Å². The highest BCUT2D eigenvalue weighted by Gasteiger charge is 2.17. The predicted octanol–water partition coefficient (Wildman–Crippen LogP) is 4.12. The van der Waals surface area contributed by atoms with E-state index >= 15 is 0 Å². The first kappa shape index (κ1) is 13.4. The molecule has 0 spiro atoms. The van der Waals surface area contributed by atoms with Crippen molar-refractivity contribution in [2.75, 3.05) is 5.32 Å². The lowest BCUT2D eigenvalue weighted by molar-refractivity contribution is 0.886. The van der Waals surface area contributed by atoms with Gasteiger partial charge in [0, 0.05) is 22.0 Å². The Labute approximate surface area is 124 Å². The van der Waals surface area contributed by atoms with Crippen molar-refractivity contribution in [3.05, 3.63) is 48.5 Å². The summed E-state index contributed by atoms with van der Waals surface area (Å²) in [5.74, 6) is 0. The third-order valence-corrected chi connectivity index (χ3v) is 5.00. The minimum atomic E-state index is 0.741. The molecule has 1 aliphatic carbocycles. The van der Waals surface area contributed by atoms with Crippen LogP contribution in [0.2, 0.25) is 0 Å². The van der Waals surface area contributed by atoms with E-state index in [4.69, 9.17) is 0 Å². The molecule has 0 bridgehead atoms. The summed E-state index contributed by atoms with van der Waals surface area (Å²) >= 11 is 2.02. The molecule has 3 nitrogen and oxygen atoms in total. The minimum Gasteiger partial charge on any atom is -0.378 e. The largest absolute Gasteiger partial charge is 0.378 e. The second-order valence-electron chi connectivity index (χ2n) is 5.07. The maximum atomic E-state index is 4.25. The molecule has 1 heterocycles. The lowest BCUT2D eigenvalue weighted by Gasteiger charge is -2.14. The molecule has 0 aliphatic heterocycles. The van der Waals surface area contributed by atoms with Gasteiger partial charge in [-0.25, -0.2) is 9.97 Å². The fourth-order valence-electron chi connectivity index (χ4n) is 2.51. The van der Waals surface area contributed by atoms with Gasteiger partial charge < -0.3 is 5.32 Å². The Morgan fingerprint density at radius 1 is 1.15 bits per heavy atom. The maximum Gasteiger partial charge on any atom is 0.115 e. The van der Waals surface area contributed by atoms with Crippen LogP contribution >= 0.6 is 11.8 Å². The molecule has 1 aromatic carbocycles. The van der Waals surface area contributed by atoms with Crippen LogP contribution in [0.25, 0.3) is 0 Å². The van der Waals surface area contributed by atoms with E-state index in [0.717, 1.165) is 17.5 Å². The number of hydrogen-bond donors (Lipinski definition) is 1. The van der Waals surface area contributed by atoms with E-state index < -0.39 is 0 Å². The Morgan fingerprint density at radius 3 is 2.80 bits per heavy atom. The molecule has 1 aromatic heterocycles. The van der Waals surface area contributed by atoms with Gasteiger partial charge in [0.2, 0.25) is 0 Å². The van der Waals surface area contributed by atoms with E-state index in [1.54, 1.807) is 12.5 Å². The van der Waals surface area contributed by atoms with Crippen molar-refractivity contribution in [1.82, 2.24) is 9.97 Å². The summed E-state index contributed by atoms with van der Waals surface area (Å²) in [7, 11) is 0. The lowest BCUT2D eigenvalue weighted by atomic mass is 10.3.